The molecule has 27 heavy (non-hydrogen) atoms. The molecular formula is C19H36N6O2. The molecule has 0 amide bonds. The number of rotatable bonds is 13. The number of hydrogen-bond acceptors (Lipinski definition) is 5. The van der Waals surface area contributed by atoms with Gasteiger partial charge in [-0.1, -0.05) is 0 Å². The lowest BCUT2D eigenvalue weighted by atomic mass is 10.0. The number of aromatic nitrogens is 3. The van der Waals surface area contributed by atoms with Crippen LogP contribution in [-0.2, 0) is 23.1 Å². The van der Waals surface area contributed by atoms with Crippen molar-refractivity contribution < 1.29 is 9.47 Å². The van der Waals surface area contributed by atoms with E-state index in [1.165, 1.54) is 12.8 Å². The van der Waals surface area contributed by atoms with Crippen LogP contribution < -0.4 is 10.6 Å². The van der Waals surface area contributed by atoms with Gasteiger partial charge in [-0.15, -0.1) is 10.2 Å². The third-order valence-electron chi connectivity index (χ3n) is 5.09. The van der Waals surface area contributed by atoms with E-state index in [2.05, 4.69) is 20.8 Å². The molecule has 1 aliphatic carbocycles. The summed E-state index contributed by atoms with van der Waals surface area (Å²) < 4.78 is 12.9. The van der Waals surface area contributed by atoms with Crippen molar-refractivity contribution in [3.05, 3.63) is 11.6 Å². The highest BCUT2D eigenvalue weighted by atomic mass is 16.5. The number of ether oxygens (including phenoxy) is 2. The number of aliphatic imine (C=N–C) groups is 1. The molecule has 1 aromatic rings. The molecule has 1 fully saturated rings. The fourth-order valence-corrected chi connectivity index (χ4v) is 2.83. The zero-order chi connectivity index (χ0) is 19.5. The van der Waals surface area contributed by atoms with Gasteiger partial charge in [0.15, 0.2) is 11.8 Å². The second-order valence-corrected chi connectivity index (χ2v) is 7.17. The monoisotopic (exact) mass is 380 g/mol. The summed E-state index contributed by atoms with van der Waals surface area (Å²) >= 11 is 0. The highest BCUT2D eigenvalue weighted by Gasteiger charge is 2.41. The van der Waals surface area contributed by atoms with Crippen molar-refractivity contribution in [3.63, 3.8) is 0 Å². The second kappa shape index (κ2) is 11.2. The van der Waals surface area contributed by atoms with E-state index >= 15 is 0 Å². The first-order chi connectivity index (χ1) is 13.1. The predicted molar refractivity (Wildman–Crippen MR) is 107 cm³/mol. The number of aryl methyl sites for hydroxylation is 1. The smallest absolute Gasteiger partial charge is 0.191 e. The third-order valence-corrected chi connectivity index (χ3v) is 5.09. The van der Waals surface area contributed by atoms with Crippen LogP contribution in [0.15, 0.2) is 4.99 Å². The van der Waals surface area contributed by atoms with Crippen LogP contribution in [0.1, 0.15) is 51.2 Å². The minimum atomic E-state index is 0.365. The maximum atomic E-state index is 5.53. The van der Waals surface area contributed by atoms with E-state index in [4.69, 9.17) is 14.5 Å². The van der Waals surface area contributed by atoms with E-state index in [-0.39, 0.29) is 0 Å². The number of nitrogens with zero attached hydrogens (tertiary/aromatic N) is 4. The van der Waals surface area contributed by atoms with E-state index in [0.29, 0.717) is 12.0 Å². The summed E-state index contributed by atoms with van der Waals surface area (Å²) in [6.45, 7) is 11.4. The average molecular weight is 381 g/mol. The van der Waals surface area contributed by atoms with Crippen LogP contribution in [0.25, 0.3) is 0 Å². The Balaban J connectivity index is 1.86. The van der Waals surface area contributed by atoms with Crippen LogP contribution in [0, 0.1) is 12.3 Å². The molecule has 0 bridgehead atoms. The summed E-state index contributed by atoms with van der Waals surface area (Å²) in [6, 6.07) is 0. The first-order valence-corrected chi connectivity index (χ1v) is 10.1. The molecular weight excluding hydrogens is 344 g/mol. The van der Waals surface area contributed by atoms with Crippen LogP contribution >= 0.6 is 0 Å². The van der Waals surface area contributed by atoms with Crippen molar-refractivity contribution in [1.82, 2.24) is 25.4 Å². The largest absolute Gasteiger partial charge is 0.382 e. The molecule has 2 rings (SSSR count). The summed E-state index contributed by atoms with van der Waals surface area (Å²) in [4.78, 5) is 4.71. The van der Waals surface area contributed by atoms with E-state index in [1.54, 1.807) is 0 Å². The molecule has 1 heterocycles. The molecule has 8 heteroatoms. The normalized spacial score (nSPS) is 15.8. The summed E-state index contributed by atoms with van der Waals surface area (Å²) in [5.41, 5.74) is 0.365. The van der Waals surface area contributed by atoms with Gasteiger partial charge >= 0.3 is 0 Å². The van der Waals surface area contributed by atoms with Gasteiger partial charge in [0, 0.05) is 46.6 Å². The first kappa shape index (κ1) is 21.6. The summed E-state index contributed by atoms with van der Waals surface area (Å²) in [6.07, 6.45) is 4.57. The van der Waals surface area contributed by atoms with Gasteiger partial charge in [0.2, 0.25) is 0 Å². The topological polar surface area (TPSA) is 85.6 Å². The maximum Gasteiger partial charge on any atom is 0.191 e. The van der Waals surface area contributed by atoms with Crippen molar-refractivity contribution in [3.8, 4) is 0 Å². The molecule has 0 aliphatic heterocycles. The zero-order valence-electron chi connectivity index (χ0n) is 17.4. The third kappa shape index (κ3) is 7.46. The highest BCUT2D eigenvalue weighted by Crippen LogP contribution is 2.48. The molecule has 0 aromatic carbocycles. The van der Waals surface area contributed by atoms with Gasteiger partial charge in [0.05, 0.1) is 0 Å². The van der Waals surface area contributed by atoms with Crippen molar-refractivity contribution in [2.45, 2.75) is 53.0 Å². The first-order valence-electron chi connectivity index (χ1n) is 10.1. The van der Waals surface area contributed by atoms with Crippen LogP contribution in [-0.4, -0.2) is 60.2 Å². The number of nitrogens with one attached hydrogen (secondary N) is 2. The predicted octanol–water partition coefficient (Wildman–Crippen LogP) is 1.79. The van der Waals surface area contributed by atoms with Gasteiger partial charge in [0.1, 0.15) is 12.4 Å². The SMILES string of the molecule is CCOCCCNC(=NCc1nnc(C)n1C)NCC1(CCOCC)CC1. The molecule has 0 radical (unpaired) electrons. The highest BCUT2D eigenvalue weighted by molar-refractivity contribution is 5.79. The maximum absolute atomic E-state index is 5.53. The fourth-order valence-electron chi connectivity index (χ4n) is 2.83. The molecule has 0 spiro atoms. The molecule has 1 aliphatic rings. The van der Waals surface area contributed by atoms with Crippen LogP contribution in [0.3, 0.4) is 0 Å². The van der Waals surface area contributed by atoms with Gasteiger partial charge in [-0.25, -0.2) is 4.99 Å². The summed E-state index contributed by atoms with van der Waals surface area (Å²) in [5.74, 6) is 2.59. The van der Waals surface area contributed by atoms with Gasteiger partial charge in [-0.3, -0.25) is 0 Å². The molecule has 8 nitrogen and oxygen atoms in total. The quantitative estimate of drug-likeness (QED) is 0.308. The van der Waals surface area contributed by atoms with E-state index in [1.807, 2.05) is 32.4 Å². The van der Waals surface area contributed by atoms with Crippen molar-refractivity contribution >= 4 is 5.96 Å². The molecule has 1 saturated carbocycles. The molecule has 154 valence electrons. The Morgan fingerprint density at radius 2 is 1.89 bits per heavy atom. The molecule has 1 aromatic heterocycles. The molecule has 0 saturated heterocycles. The minimum absolute atomic E-state index is 0.365. The number of guanidine groups is 1. The molecule has 0 atom stereocenters. The summed E-state index contributed by atoms with van der Waals surface area (Å²) in [5, 5.41) is 15.2. The lowest BCUT2D eigenvalue weighted by Crippen LogP contribution is -2.41. The number of hydrogen-bond donors (Lipinski definition) is 2. The van der Waals surface area contributed by atoms with Gasteiger partial charge in [-0.2, -0.15) is 0 Å². The Labute approximate surface area is 163 Å². The van der Waals surface area contributed by atoms with Crippen molar-refractivity contribution in [2.24, 2.45) is 17.5 Å². The average Bonchev–Trinajstić information content (AvgIpc) is 3.37. The lowest BCUT2D eigenvalue weighted by molar-refractivity contribution is 0.128. The van der Waals surface area contributed by atoms with Crippen molar-refractivity contribution in [2.75, 3.05) is 39.5 Å². The van der Waals surface area contributed by atoms with E-state index < -0.39 is 0 Å². The molecule has 0 unspecified atom stereocenters. The fraction of sp³-hybridized carbons (Fsp3) is 0.842. The molecule has 2 N–H and O–H groups in total. The summed E-state index contributed by atoms with van der Waals surface area (Å²) in [7, 11) is 1.97. The van der Waals surface area contributed by atoms with Crippen LogP contribution in [0.5, 0.6) is 0 Å². The van der Waals surface area contributed by atoms with E-state index in [9.17, 15) is 0 Å². The van der Waals surface area contributed by atoms with Crippen molar-refractivity contribution in [1.29, 1.82) is 0 Å². The van der Waals surface area contributed by atoms with Crippen LogP contribution in [0.4, 0.5) is 0 Å². The van der Waals surface area contributed by atoms with Gasteiger partial charge in [-0.05, 0) is 51.9 Å². The Morgan fingerprint density at radius 3 is 2.52 bits per heavy atom. The Kier molecular flexibility index (Phi) is 9.00. The van der Waals surface area contributed by atoms with E-state index in [0.717, 1.165) is 70.0 Å². The van der Waals surface area contributed by atoms with Gasteiger partial charge in [0.25, 0.3) is 0 Å². The second-order valence-electron chi connectivity index (χ2n) is 7.17. The Morgan fingerprint density at radius 1 is 1.15 bits per heavy atom. The zero-order valence-corrected chi connectivity index (χ0v) is 17.4. The lowest BCUT2D eigenvalue weighted by Gasteiger charge is -2.19. The van der Waals surface area contributed by atoms with Crippen LogP contribution in [0.2, 0.25) is 0 Å². The Bertz CT molecular complexity index is 583. The Hall–Kier alpha value is -1.67. The standard InChI is InChI=1S/C19H36N6O2/c1-5-26-12-7-11-20-18(21-14-17-24-23-16(3)25(17)4)22-15-19(8-9-19)10-13-27-6-2/h5-15H2,1-4H3,(H2,20,21,22). The van der Waals surface area contributed by atoms with Gasteiger partial charge < -0.3 is 24.7 Å². The minimum Gasteiger partial charge on any atom is -0.382 e.